The molecule has 0 fully saturated rings. The van der Waals surface area contributed by atoms with Crippen LogP contribution < -0.4 is 5.73 Å². The van der Waals surface area contributed by atoms with Crippen molar-refractivity contribution >= 4 is 27.9 Å². The zero-order valence-electron chi connectivity index (χ0n) is 8.32. The van der Waals surface area contributed by atoms with E-state index >= 15 is 0 Å². The third-order valence-corrected chi connectivity index (χ3v) is 2.39. The van der Waals surface area contributed by atoms with E-state index in [1.54, 1.807) is 0 Å². The predicted octanol–water partition coefficient (Wildman–Crippen LogP) is 1.82. The van der Waals surface area contributed by atoms with Crippen molar-refractivity contribution in [2.45, 2.75) is 0 Å². The van der Waals surface area contributed by atoms with E-state index in [0.29, 0.717) is 15.0 Å². The number of halogens is 2. The molecule has 86 valence electrons. The molecule has 0 radical (unpaired) electrons. The molecule has 0 saturated heterocycles. The summed E-state index contributed by atoms with van der Waals surface area (Å²) in [7, 11) is 1.23. The van der Waals surface area contributed by atoms with Crippen LogP contribution in [-0.2, 0) is 0 Å². The number of rotatable bonds is 2. The molecule has 0 aliphatic heterocycles. The van der Waals surface area contributed by atoms with E-state index in [1.807, 2.05) is 0 Å². The summed E-state index contributed by atoms with van der Waals surface area (Å²) >= 11 is 2.99. The summed E-state index contributed by atoms with van der Waals surface area (Å²) in [4.78, 5) is 10.5. The van der Waals surface area contributed by atoms with Gasteiger partial charge in [-0.2, -0.15) is 5.01 Å². The SMILES string of the molecule is CN(N=C(N)c1ccc(Br)c(F)c1)C(=O)O. The van der Waals surface area contributed by atoms with Gasteiger partial charge in [0.2, 0.25) is 0 Å². The van der Waals surface area contributed by atoms with Crippen molar-refractivity contribution in [2.24, 2.45) is 10.8 Å². The van der Waals surface area contributed by atoms with Crippen molar-refractivity contribution in [1.82, 2.24) is 5.01 Å². The summed E-state index contributed by atoms with van der Waals surface area (Å²) in [5, 5.41) is 12.8. The molecule has 0 atom stereocenters. The number of amides is 1. The maximum Gasteiger partial charge on any atom is 0.427 e. The molecule has 16 heavy (non-hydrogen) atoms. The van der Waals surface area contributed by atoms with E-state index in [0.717, 1.165) is 0 Å². The Morgan fingerprint density at radius 1 is 1.62 bits per heavy atom. The molecule has 1 amide bonds. The molecule has 0 aromatic heterocycles. The van der Waals surface area contributed by atoms with Gasteiger partial charge in [0.1, 0.15) is 5.82 Å². The highest BCUT2D eigenvalue weighted by Crippen LogP contribution is 2.16. The summed E-state index contributed by atoms with van der Waals surface area (Å²) in [6.45, 7) is 0. The molecule has 0 unspecified atom stereocenters. The van der Waals surface area contributed by atoms with Crippen molar-refractivity contribution in [2.75, 3.05) is 7.05 Å². The van der Waals surface area contributed by atoms with Gasteiger partial charge in [-0.3, -0.25) is 0 Å². The van der Waals surface area contributed by atoms with Gasteiger partial charge in [-0.1, -0.05) is 0 Å². The predicted molar refractivity (Wildman–Crippen MR) is 60.6 cm³/mol. The number of carboxylic acid groups (broad SMARTS) is 1. The molecule has 0 bridgehead atoms. The fourth-order valence-electron chi connectivity index (χ4n) is 0.918. The molecular weight excluding hydrogens is 281 g/mol. The lowest BCUT2D eigenvalue weighted by Gasteiger charge is -2.08. The van der Waals surface area contributed by atoms with Crippen LogP contribution in [0.3, 0.4) is 0 Å². The van der Waals surface area contributed by atoms with E-state index in [1.165, 1.54) is 25.2 Å². The summed E-state index contributed by atoms with van der Waals surface area (Å²) in [6.07, 6.45) is -1.25. The van der Waals surface area contributed by atoms with Crippen LogP contribution in [0.1, 0.15) is 5.56 Å². The third kappa shape index (κ3) is 2.93. The number of nitrogens with two attached hydrogens (primary N) is 1. The van der Waals surface area contributed by atoms with Gasteiger partial charge in [0.05, 0.1) is 4.47 Å². The molecule has 0 saturated carbocycles. The molecular formula is C9H9BrFN3O2. The van der Waals surface area contributed by atoms with Crippen LogP contribution in [0, 0.1) is 5.82 Å². The van der Waals surface area contributed by atoms with Crippen molar-refractivity contribution in [3.05, 3.63) is 34.1 Å². The number of nitrogens with zero attached hydrogens (tertiary/aromatic N) is 2. The Morgan fingerprint density at radius 2 is 2.25 bits per heavy atom. The molecule has 1 aromatic rings. The van der Waals surface area contributed by atoms with Crippen LogP contribution in [-0.4, -0.2) is 29.1 Å². The molecule has 0 heterocycles. The number of amidine groups is 1. The van der Waals surface area contributed by atoms with Crippen LogP contribution in [0.15, 0.2) is 27.8 Å². The van der Waals surface area contributed by atoms with Crippen LogP contribution in [0.2, 0.25) is 0 Å². The van der Waals surface area contributed by atoms with E-state index in [9.17, 15) is 9.18 Å². The Morgan fingerprint density at radius 3 is 2.75 bits per heavy atom. The molecule has 1 rings (SSSR count). The van der Waals surface area contributed by atoms with Gasteiger partial charge in [-0.25, -0.2) is 9.18 Å². The Labute approximate surface area is 99.5 Å². The van der Waals surface area contributed by atoms with Gasteiger partial charge in [0.15, 0.2) is 5.84 Å². The highest BCUT2D eigenvalue weighted by Gasteiger charge is 2.07. The first-order chi connectivity index (χ1) is 7.41. The molecule has 1 aromatic carbocycles. The second kappa shape index (κ2) is 4.93. The number of carbonyl (C=O) groups is 1. The summed E-state index contributed by atoms with van der Waals surface area (Å²) < 4.78 is 13.4. The molecule has 0 aliphatic carbocycles. The fourth-order valence-corrected chi connectivity index (χ4v) is 1.16. The summed E-state index contributed by atoms with van der Waals surface area (Å²) in [6, 6.07) is 4.16. The topological polar surface area (TPSA) is 78.9 Å². The van der Waals surface area contributed by atoms with Crippen molar-refractivity contribution in [1.29, 1.82) is 0 Å². The maximum absolute atomic E-state index is 13.1. The Balaban J connectivity index is 3.00. The van der Waals surface area contributed by atoms with Crippen molar-refractivity contribution < 1.29 is 14.3 Å². The Hall–Kier alpha value is -1.63. The monoisotopic (exact) mass is 289 g/mol. The van der Waals surface area contributed by atoms with E-state index in [4.69, 9.17) is 10.8 Å². The zero-order chi connectivity index (χ0) is 12.3. The van der Waals surface area contributed by atoms with Crippen LogP contribution in [0.25, 0.3) is 0 Å². The highest BCUT2D eigenvalue weighted by molar-refractivity contribution is 9.10. The average Bonchev–Trinajstić information content (AvgIpc) is 2.21. The summed E-state index contributed by atoms with van der Waals surface area (Å²) in [5.74, 6) is -0.565. The van der Waals surface area contributed by atoms with Crippen LogP contribution in [0.5, 0.6) is 0 Å². The first-order valence-electron chi connectivity index (χ1n) is 4.18. The fraction of sp³-hybridized carbons (Fsp3) is 0.111. The molecule has 7 heteroatoms. The lowest BCUT2D eigenvalue weighted by molar-refractivity contribution is 0.157. The second-order valence-corrected chi connectivity index (χ2v) is 3.77. The zero-order valence-corrected chi connectivity index (χ0v) is 9.90. The van der Waals surface area contributed by atoms with Gasteiger partial charge < -0.3 is 10.8 Å². The molecule has 5 nitrogen and oxygen atoms in total. The van der Waals surface area contributed by atoms with Crippen molar-refractivity contribution in [3.63, 3.8) is 0 Å². The van der Waals surface area contributed by atoms with Gasteiger partial charge in [-0.05, 0) is 34.1 Å². The van der Waals surface area contributed by atoms with Crippen LogP contribution in [0.4, 0.5) is 9.18 Å². The van der Waals surface area contributed by atoms with E-state index in [-0.39, 0.29) is 5.84 Å². The minimum absolute atomic E-state index is 0.0729. The minimum atomic E-state index is -1.25. The standard InChI is InChI=1S/C9H9BrFN3O2/c1-14(9(15)16)13-8(12)5-2-3-6(10)7(11)4-5/h2-4H,1H3,(H2,12,13)(H,15,16). The molecule has 0 aliphatic rings. The molecule has 3 N–H and O–H groups in total. The summed E-state index contributed by atoms with van der Waals surface area (Å²) in [5.41, 5.74) is 5.83. The van der Waals surface area contributed by atoms with Gasteiger partial charge in [0, 0.05) is 12.6 Å². The van der Waals surface area contributed by atoms with E-state index in [2.05, 4.69) is 21.0 Å². The quantitative estimate of drug-likeness (QED) is 0.495. The minimum Gasteiger partial charge on any atom is -0.464 e. The maximum atomic E-state index is 13.1. The number of hydrogen-bond donors (Lipinski definition) is 2. The highest BCUT2D eigenvalue weighted by atomic mass is 79.9. The van der Waals surface area contributed by atoms with Crippen molar-refractivity contribution in [3.8, 4) is 0 Å². The largest absolute Gasteiger partial charge is 0.464 e. The Bertz CT molecular complexity index is 450. The number of hydrazone groups is 1. The van der Waals surface area contributed by atoms with Crippen LogP contribution >= 0.6 is 15.9 Å². The number of hydrogen-bond acceptors (Lipinski definition) is 2. The molecule has 0 spiro atoms. The van der Waals surface area contributed by atoms with Gasteiger partial charge >= 0.3 is 6.09 Å². The smallest absolute Gasteiger partial charge is 0.427 e. The lowest BCUT2D eigenvalue weighted by atomic mass is 10.2. The number of benzene rings is 1. The van der Waals surface area contributed by atoms with E-state index < -0.39 is 11.9 Å². The van der Waals surface area contributed by atoms with Gasteiger partial charge in [-0.15, -0.1) is 5.10 Å². The Kier molecular flexibility index (Phi) is 3.83. The lowest BCUT2D eigenvalue weighted by Crippen LogP contribution is -2.24. The third-order valence-electron chi connectivity index (χ3n) is 1.75. The first kappa shape index (κ1) is 12.4. The second-order valence-electron chi connectivity index (χ2n) is 2.92. The normalized spacial score (nSPS) is 11.3. The first-order valence-corrected chi connectivity index (χ1v) is 4.97. The van der Waals surface area contributed by atoms with Gasteiger partial charge in [0.25, 0.3) is 0 Å². The average molecular weight is 290 g/mol.